The molecule has 0 bridgehead atoms. The van der Waals surface area contributed by atoms with Gasteiger partial charge in [0.2, 0.25) is 15.9 Å². The van der Waals surface area contributed by atoms with E-state index >= 15 is 0 Å². The molecule has 0 fully saturated rings. The molecule has 8 heteroatoms. The van der Waals surface area contributed by atoms with Gasteiger partial charge >= 0.3 is 0 Å². The number of anilines is 2. The number of aryl methyl sites for hydroxylation is 1. The average molecular weight is 401 g/mol. The zero-order chi connectivity index (χ0) is 18.8. The summed E-state index contributed by atoms with van der Waals surface area (Å²) in [5.74, 6) is -0.480. The van der Waals surface area contributed by atoms with E-state index in [0.717, 1.165) is 10.6 Å². The van der Waals surface area contributed by atoms with Crippen LogP contribution in [-0.2, 0) is 14.8 Å². The fraction of sp³-hybridized carbons (Fsp3) is 0.235. The second-order valence-corrected chi connectivity index (χ2v) is 8.40. The first-order valence-electron chi connectivity index (χ1n) is 7.41. The molecular formula is C17H18Cl2N2O3S. The summed E-state index contributed by atoms with van der Waals surface area (Å²) in [6.07, 6.45) is 1.05. The normalized spacial score (nSPS) is 12.5. The maximum absolute atomic E-state index is 12.6. The lowest BCUT2D eigenvalue weighted by Crippen LogP contribution is -2.45. The minimum atomic E-state index is -3.71. The van der Waals surface area contributed by atoms with Gasteiger partial charge in [-0.15, -0.1) is 0 Å². The molecule has 1 atom stereocenters. The van der Waals surface area contributed by atoms with Gasteiger partial charge < -0.3 is 5.32 Å². The van der Waals surface area contributed by atoms with Gasteiger partial charge in [-0.3, -0.25) is 9.10 Å². The largest absolute Gasteiger partial charge is 0.324 e. The molecule has 0 spiro atoms. The summed E-state index contributed by atoms with van der Waals surface area (Å²) >= 11 is 11.9. The number of sulfonamides is 1. The van der Waals surface area contributed by atoms with E-state index in [1.54, 1.807) is 43.3 Å². The van der Waals surface area contributed by atoms with Crippen LogP contribution >= 0.6 is 23.2 Å². The first-order chi connectivity index (χ1) is 11.6. The van der Waals surface area contributed by atoms with Crippen molar-refractivity contribution in [2.45, 2.75) is 19.9 Å². The Morgan fingerprint density at radius 2 is 1.76 bits per heavy atom. The smallest absolute Gasteiger partial charge is 0.247 e. The third-order valence-electron chi connectivity index (χ3n) is 3.59. The van der Waals surface area contributed by atoms with Crippen molar-refractivity contribution in [2.24, 2.45) is 0 Å². The Hall–Kier alpha value is -1.76. The molecule has 0 aliphatic rings. The third kappa shape index (κ3) is 4.87. The van der Waals surface area contributed by atoms with E-state index in [1.165, 1.54) is 13.0 Å². The summed E-state index contributed by atoms with van der Waals surface area (Å²) in [6.45, 7) is 3.27. The van der Waals surface area contributed by atoms with Crippen LogP contribution in [0.25, 0.3) is 0 Å². The molecule has 0 aliphatic heterocycles. The van der Waals surface area contributed by atoms with Gasteiger partial charge in [0.15, 0.2) is 0 Å². The summed E-state index contributed by atoms with van der Waals surface area (Å²) < 4.78 is 25.7. The molecule has 2 rings (SSSR count). The highest BCUT2D eigenvalue weighted by atomic mass is 35.5. The molecule has 2 aromatic rings. The van der Waals surface area contributed by atoms with Gasteiger partial charge in [-0.25, -0.2) is 8.42 Å². The van der Waals surface area contributed by atoms with Crippen LogP contribution in [-0.4, -0.2) is 26.6 Å². The predicted molar refractivity (Wildman–Crippen MR) is 103 cm³/mol. The molecule has 0 heterocycles. The van der Waals surface area contributed by atoms with Crippen molar-refractivity contribution in [3.8, 4) is 0 Å². The molecule has 0 saturated carbocycles. The van der Waals surface area contributed by atoms with Gasteiger partial charge in [0.25, 0.3) is 0 Å². The van der Waals surface area contributed by atoms with Gasteiger partial charge in [0, 0.05) is 15.7 Å². The van der Waals surface area contributed by atoms with Crippen LogP contribution in [0.4, 0.5) is 11.4 Å². The van der Waals surface area contributed by atoms with E-state index in [0.29, 0.717) is 27.0 Å². The minimum absolute atomic E-state index is 0.365. The third-order valence-corrected chi connectivity index (χ3v) is 5.29. The molecule has 1 amide bonds. The number of amides is 1. The number of rotatable bonds is 5. The van der Waals surface area contributed by atoms with Gasteiger partial charge in [0.05, 0.1) is 11.9 Å². The van der Waals surface area contributed by atoms with Gasteiger partial charge in [-0.1, -0.05) is 35.3 Å². The summed E-state index contributed by atoms with van der Waals surface area (Å²) in [6, 6.07) is 10.5. The summed E-state index contributed by atoms with van der Waals surface area (Å²) in [5, 5.41) is 3.53. The predicted octanol–water partition coefficient (Wildman–Crippen LogP) is 4.10. The van der Waals surface area contributed by atoms with Crippen LogP contribution in [0.15, 0.2) is 42.5 Å². The van der Waals surface area contributed by atoms with E-state index in [9.17, 15) is 13.2 Å². The number of carbonyl (C=O) groups excluding carboxylic acids is 1. The second kappa shape index (κ2) is 7.64. The Balaban J connectivity index is 2.38. The van der Waals surface area contributed by atoms with Crippen molar-refractivity contribution in [1.82, 2.24) is 0 Å². The molecule has 0 aromatic heterocycles. The Bertz CT molecular complexity index is 901. The van der Waals surface area contributed by atoms with Crippen molar-refractivity contribution < 1.29 is 13.2 Å². The van der Waals surface area contributed by atoms with Gasteiger partial charge in [0.1, 0.15) is 6.04 Å². The monoisotopic (exact) mass is 400 g/mol. The van der Waals surface area contributed by atoms with E-state index in [1.807, 2.05) is 0 Å². The standard InChI is InChI=1S/C17H18Cl2N2O3S/c1-11-7-8-14(19)10-16(11)21(25(3,23)24)12(2)17(22)20-15-6-4-5-13(18)9-15/h4-10,12H,1-3H3,(H,20,22)/t12-/m1/s1. The maximum atomic E-state index is 12.6. The van der Waals surface area contributed by atoms with Crippen molar-refractivity contribution >= 4 is 50.5 Å². The summed E-state index contributed by atoms with van der Waals surface area (Å²) in [7, 11) is -3.71. The van der Waals surface area contributed by atoms with E-state index in [4.69, 9.17) is 23.2 Å². The number of halogens is 2. The van der Waals surface area contributed by atoms with Crippen LogP contribution < -0.4 is 9.62 Å². The fourth-order valence-electron chi connectivity index (χ4n) is 2.41. The lowest BCUT2D eigenvalue weighted by Gasteiger charge is -2.29. The first kappa shape index (κ1) is 19.6. The Morgan fingerprint density at radius 1 is 1.12 bits per heavy atom. The van der Waals surface area contributed by atoms with Gasteiger partial charge in [-0.05, 0) is 49.7 Å². The number of nitrogens with zero attached hydrogens (tertiary/aromatic N) is 1. The number of nitrogens with one attached hydrogen (secondary N) is 1. The van der Waals surface area contributed by atoms with Crippen LogP contribution in [0, 0.1) is 6.92 Å². The van der Waals surface area contributed by atoms with Crippen molar-refractivity contribution in [3.05, 3.63) is 58.1 Å². The molecule has 0 unspecified atom stereocenters. The van der Waals surface area contributed by atoms with E-state index in [2.05, 4.69) is 5.32 Å². The molecule has 2 aromatic carbocycles. The number of benzene rings is 2. The first-order valence-corrected chi connectivity index (χ1v) is 10.0. The van der Waals surface area contributed by atoms with Gasteiger partial charge in [-0.2, -0.15) is 0 Å². The number of hydrogen-bond donors (Lipinski definition) is 1. The topological polar surface area (TPSA) is 66.5 Å². The Morgan fingerprint density at radius 3 is 2.36 bits per heavy atom. The molecule has 0 saturated heterocycles. The van der Waals surface area contributed by atoms with Crippen LogP contribution in [0.1, 0.15) is 12.5 Å². The fourth-order valence-corrected chi connectivity index (χ4v) is 3.99. The maximum Gasteiger partial charge on any atom is 0.247 e. The Kier molecular flexibility index (Phi) is 5.98. The summed E-state index contributed by atoms with van der Waals surface area (Å²) in [5.41, 5.74) is 1.54. The zero-order valence-electron chi connectivity index (χ0n) is 14.0. The van der Waals surface area contributed by atoms with Crippen LogP contribution in [0.2, 0.25) is 10.0 Å². The number of hydrogen-bond acceptors (Lipinski definition) is 3. The zero-order valence-corrected chi connectivity index (χ0v) is 16.3. The lowest BCUT2D eigenvalue weighted by molar-refractivity contribution is -0.116. The van der Waals surface area contributed by atoms with Crippen LogP contribution in [0.5, 0.6) is 0 Å². The molecule has 1 N–H and O–H groups in total. The average Bonchev–Trinajstić information content (AvgIpc) is 2.49. The molecule has 0 radical (unpaired) electrons. The Labute approximate surface area is 157 Å². The van der Waals surface area contributed by atoms with E-state index in [-0.39, 0.29) is 0 Å². The SMILES string of the molecule is Cc1ccc(Cl)cc1N([C@H](C)C(=O)Nc1cccc(Cl)c1)S(C)(=O)=O. The molecular weight excluding hydrogens is 383 g/mol. The summed E-state index contributed by atoms with van der Waals surface area (Å²) in [4.78, 5) is 12.6. The second-order valence-electron chi connectivity index (χ2n) is 5.67. The molecule has 5 nitrogen and oxygen atoms in total. The lowest BCUT2D eigenvalue weighted by atomic mass is 10.1. The van der Waals surface area contributed by atoms with Crippen molar-refractivity contribution in [1.29, 1.82) is 0 Å². The van der Waals surface area contributed by atoms with E-state index < -0.39 is 22.0 Å². The van der Waals surface area contributed by atoms with Crippen molar-refractivity contribution in [3.63, 3.8) is 0 Å². The van der Waals surface area contributed by atoms with Crippen molar-refractivity contribution in [2.75, 3.05) is 15.9 Å². The highest BCUT2D eigenvalue weighted by Gasteiger charge is 2.30. The van der Waals surface area contributed by atoms with Crippen LogP contribution in [0.3, 0.4) is 0 Å². The molecule has 25 heavy (non-hydrogen) atoms. The molecule has 134 valence electrons. The highest BCUT2D eigenvalue weighted by Crippen LogP contribution is 2.28. The number of carbonyl (C=O) groups is 1. The quantitative estimate of drug-likeness (QED) is 0.821. The minimum Gasteiger partial charge on any atom is -0.324 e. The highest BCUT2D eigenvalue weighted by molar-refractivity contribution is 7.92. The molecule has 0 aliphatic carbocycles.